The van der Waals surface area contributed by atoms with E-state index in [4.69, 9.17) is 5.11 Å². The minimum atomic E-state index is -0.778. The number of hydrogen-bond donors (Lipinski definition) is 2. The molecule has 0 unspecified atom stereocenters. The lowest BCUT2D eigenvalue weighted by molar-refractivity contribution is -0.137. The van der Waals surface area contributed by atoms with Gasteiger partial charge in [-0.15, -0.1) is 0 Å². The van der Waals surface area contributed by atoms with Gasteiger partial charge in [-0.3, -0.25) is 14.4 Å². The van der Waals surface area contributed by atoms with Gasteiger partial charge in [-0.25, -0.2) is 0 Å². The van der Waals surface area contributed by atoms with Gasteiger partial charge in [0.1, 0.15) is 5.56 Å². The van der Waals surface area contributed by atoms with Crippen LogP contribution in [0.15, 0.2) is 23.1 Å². The molecule has 1 amide bonds. The smallest absolute Gasteiger partial charge is 0.303 e. The zero-order valence-corrected chi connectivity index (χ0v) is 11.2. The fraction of sp³-hybridized carbons (Fsp3) is 0.500. The van der Waals surface area contributed by atoms with Gasteiger partial charge in [0, 0.05) is 25.7 Å². The number of aromatic amines is 1. The fourth-order valence-electron chi connectivity index (χ4n) is 2.51. The molecule has 0 aliphatic carbocycles. The molecule has 2 heterocycles. The van der Waals surface area contributed by atoms with E-state index in [2.05, 4.69) is 4.98 Å². The Hall–Kier alpha value is -2.11. The van der Waals surface area contributed by atoms with E-state index in [1.165, 1.54) is 12.3 Å². The molecule has 0 spiro atoms. The quantitative estimate of drug-likeness (QED) is 0.862. The Bertz CT molecular complexity index is 544. The molecule has 20 heavy (non-hydrogen) atoms. The first-order chi connectivity index (χ1) is 9.58. The molecule has 0 saturated carbocycles. The summed E-state index contributed by atoms with van der Waals surface area (Å²) in [6, 6.07) is 3.16. The van der Waals surface area contributed by atoms with Gasteiger partial charge in [-0.05, 0) is 37.3 Å². The molecule has 1 aliphatic rings. The van der Waals surface area contributed by atoms with Crippen molar-refractivity contribution in [2.45, 2.75) is 25.7 Å². The Labute approximate surface area is 116 Å². The zero-order chi connectivity index (χ0) is 14.5. The summed E-state index contributed by atoms with van der Waals surface area (Å²) in [5, 5.41) is 8.66. The van der Waals surface area contributed by atoms with Gasteiger partial charge in [0.15, 0.2) is 0 Å². The number of rotatable bonds is 4. The molecule has 0 aromatic carbocycles. The van der Waals surface area contributed by atoms with Gasteiger partial charge < -0.3 is 15.0 Å². The molecule has 1 fully saturated rings. The summed E-state index contributed by atoms with van der Waals surface area (Å²) in [6.07, 6.45) is 3.92. The number of carbonyl (C=O) groups is 2. The maximum Gasteiger partial charge on any atom is 0.303 e. The Morgan fingerprint density at radius 3 is 2.65 bits per heavy atom. The number of nitrogens with one attached hydrogen (secondary N) is 1. The van der Waals surface area contributed by atoms with Crippen molar-refractivity contribution in [1.82, 2.24) is 9.88 Å². The summed E-state index contributed by atoms with van der Waals surface area (Å²) in [5.41, 5.74) is -0.206. The molecular weight excluding hydrogens is 260 g/mol. The van der Waals surface area contributed by atoms with Gasteiger partial charge in [0.05, 0.1) is 0 Å². The number of likely N-dealkylation sites (tertiary alicyclic amines) is 1. The molecule has 0 radical (unpaired) electrons. The lowest BCUT2D eigenvalue weighted by Crippen LogP contribution is -2.40. The van der Waals surface area contributed by atoms with Crippen LogP contribution in [-0.4, -0.2) is 40.0 Å². The Balaban J connectivity index is 1.91. The lowest BCUT2D eigenvalue weighted by Gasteiger charge is -2.31. The van der Waals surface area contributed by atoms with Crippen molar-refractivity contribution in [3.8, 4) is 0 Å². The van der Waals surface area contributed by atoms with E-state index in [9.17, 15) is 14.4 Å². The maximum absolute atomic E-state index is 12.2. The van der Waals surface area contributed by atoms with Crippen LogP contribution >= 0.6 is 0 Å². The number of amides is 1. The predicted molar refractivity (Wildman–Crippen MR) is 72.6 cm³/mol. The molecule has 6 heteroatoms. The van der Waals surface area contributed by atoms with Gasteiger partial charge >= 0.3 is 5.97 Å². The summed E-state index contributed by atoms with van der Waals surface area (Å²) in [6.45, 7) is 1.16. The van der Waals surface area contributed by atoms with Crippen LogP contribution in [0.3, 0.4) is 0 Å². The van der Waals surface area contributed by atoms with Crippen molar-refractivity contribution in [2.75, 3.05) is 13.1 Å². The number of carbonyl (C=O) groups excluding carboxylic acids is 1. The van der Waals surface area contributed by atoms with Crippen molar-refractivity contribution in [2.24, 2.45) is 5.92 Å². The number of nitrogens with zero attached hydrogens (tertiary/aromatic N) is 1. The van der Waals surface area contributed by atoms with Crippen LogP contribution in [0.4, 0.5) is 0 Å². The highest BCUT2D eigenvalue weighted by Gasteiger charge is 2.25. The van der Waals surface area contributed by atoms with E-state index >= 15 is 0 Å². The topological polar surface area (TPSA) is 90.5 Å². The number of carboxylic acid groups (broad SMARTS) is 1. The standard InChI is InChI=1S/C14H18N2O4/c17-12(18)4-3-10-5-8-16(9-6-10)14(20)11-2-1-7-15-13(11)19/h1-2,7,10H,3-6,8-9H2,(H,15,19)(H,17,18). The average molecular weight is 278 g/mol. The summed E-state index contributed by atoms with van der Waals surface area (Å²) in [7, 11) is 0. The van der Waals surface area contributed by atoms with Gasteiger partial charge in [0.25, 0.3) is 11.5 Å². The van der Waals surface area contributed by atoms with Crippen LogP contribution in [-0.2, 0) is 4.79 Å². The molecule has 1 aromatic heterocycles. The van der Waals surface area contributed by atoms with Crippen LogP contribution < -0.4 is 5.56 Å². The predicted octanol–water partition coefficient (Wildman–Crippen LogP) is 1.09. The number of carboxylic acids is 1. The molecule has 1 saturated heterocycles. The van der Waals surface area contributed by atoms with Crippen LogP contribution in [0.1, 0.15) is 36.0 Å². The summed E-state index contributed by atoms with van der Waals surface area (Å²) in [5.74, 6) is -0.674. The number of piperidine rings is 1. The van der Waals surface area contributed by atoms with Gasteiger partial charge in [-0.2, -0.15) is 0 Å². The average Bonchev–Trinajstić information content (AvgIpc) is 2.45. The molecule has 1 aliphatic heterocycles. The molecule has 0 atom stereocenters. The molecule has 108 valence electrons. The third-order valence-corrected chi connectivity index (χ3v) is 3.72. The number of pyridine rings is 1. The van der Waals surface area contributed by atoms with Crippen molar-refractivity contribution in [3.63, 3.8) is 0 Å². The Morgan fingerprint density at radius 2 is 2.05 bits per heavy atom. The first kappa shape index (κ1) is 14.3. The minimum Gasteiger partial charge on any atom is -0.481 e. The highest BCUT2D eigenvalue weighted by molar-refractivity contribution is 5.93. The number of aromatic nitrogens is 1. The van der Waals surface area contributed by atoms with E-state index < -0.39 is 5.97 Å². The largest absolute Gasteiger partial charge is 0.481 e. The normalized spacial score (nSPS) is 16.1. The summed E-state index contributed by atoms with van der Waals surface area (Å²) >= 11 is 0. The Morgan fingerprint density at radius 1 is 1.35 bits per heavy atom. The van der Waals surface area contributed by atoms with Crippen molar-refractivity contribution < 1.29 is 14.7 Å². The van der Waals surface area contributed by atoms with Crippen molar-refractivity contribution in [3.05, 3.63) is 34.2 Å². The third kappa shape index (κ3) is 3.46. The first-order valence-electron chi connectivity index (χ1n) is 6.76. The van der Waals surface area contributed by atoms with Crippen LogP contribution in [0.2, 0.25) is 0 Å². The Kier molecular flexibility index (Phi) is 4.55. The SMILES string of the molecule is O=C(O)CCC1CCN(C(=O)c2ccc[nH]c2=O)CC1. The van der Waals surface area contributed by atoms with E-state index in [0.717, 1.165) is 12.8 Å². The fourth-order valence-corrected chi connectivity index (χ4v) is 2.51. The van der Waals surface area contributed by atoms with Crippen LogP contribution in [0.5, 0.6) is 0 Å². The maximum atomic E-state index is 12.2. The lowest BCUT2D eigenvalue weighted by atomic mass is 9.92. The highest BCUT2D eigenvalue weighted by atomic mass is 16.4. The molecule has 2 rings (SSSR count). The van der Waals surface area contributed by atoms with E-state index in [0.29, 0.717) is 25.4 Å². The number of aliphatic carboxylic acids is 1. The van der Waals surface area contributed by atoms with Crippen LogP contribution in [0, 0.1) is 5.92 Å². The number of hydrogen-bond acceptors (Lipinski definition) is 3. The number of H-pyrrole nitrogens is 1. The highest BCUT2D eigenvalue weighted by Crippen LogP contribution is 2.22. The van der Waals surface area contributed by atoms with Crippen LogP contribution in [0.25, 0.3) is 0 Å². The van der Waals surface area contributed by atoms with Crippen molar-refractivity contribution >= 4 is 11.9 Å². The second-order valence-corrected chi connectivity index (χ2v) is 5.08. The minimum absolute atomic E-state index is 0.163. The summed E-state index contributed by atoms with van der Waals surface area (Å²) in [4.78, 5) is 38.5. The van der Waals surface area contributed by atoms with Gasteiger partial charge in [0.2, 0.25) is 0 Å². The molecule has 0 bridgehead atoms. The molecule has 6 nitrogen and oxygen atoms in total. The zero-order valence-electron chi connectivity index (χ0n) is 11.2. The third-order valence-electron chi connectivity index (χ3n) is 3.72. The van der Waals surface area contributed by atoms with E-state index in [-0.39, 0.29) is 23.5 Å². The van der Waals surface area contributed by atoms with Gasteiger partial charge in [-0.1, -0.05) is 0 Å². The summed E-state index contributed by atoms with van der Waals surface area (Å²) < 4.78 is 0. The van der Waals surface area contributed by atoms with E-state index in [1.807, 2.05) is 0 Å². The molecular formula is C14H18N2O4. The van der Waals surface area contributed by atoms with Crippen molar-refractivity contribution in [1.29, 1.82) is 0 Å². The monoisotopic (exact) mass is 278 g/mol. The molecule has 1 aromatic rings. The molecule has 2 N–H and O–H groups in total. The second-order valence-electron chi connectivity index (χ2n) is 5.08. The van der Waals surface area contributed by atoms with E-state index in [1.54, 1.807) is 11.0 Å². The first-order valence-corrected chi connectivity index (χ1v) is 6.76. The second kappa shape index (κ2) is 6.36.